The molecule has 7 nitrogen and oxygen atoms in total. The van der Waals surface area contributed by atoms with Crippen molar-refractivity contribution >= 4 is 28.8 Å². The van der Waals surface area contributed by atoms with E-state index in [1.54, 1.807) is 6.92 Å². The number of carbonyl (C=O) groups is 3. The van der Waals surface area contributed by atoms with Gasteiger partial charge >= 0.3 is 11.9 Å². The van der Waals surface area contributed by atoms with Crippen molar-refractivity contribution in [3.05, 3.63) is 0 Å². The highest BCUT2D eigenvalue weighted by Gasteiger charge is 2.10. The van der Waals surface area contributed by atoms with Gasteiger partial charge in [-0.2, -0.15) is 0 Å². The molecule has 0 aromatic heterocycles. The van der Waals surface area contributed by atoms with Crippen molar-refractivity contribution in [3.63, 3.8) is 0 Å². The van der Waals surface area contributed by atoms with E-state index >= 15 is 0 Å². The Labute approximate surface area is 212 Å². The van der Waals surface area contributed by atoms with Gasteiger partial charge in [-0.05, 0) is 51.1 Å². The number of carbonyl (C=O) groups excluding carboxylic acids is 3. The van der Waals surface area contributed by atoms with Gasteiger partial charge in [0.1, 0.15) is 6.10 Å². The number of esters is 2. The molecule has 0 aliphatic heterocycles. The van der Waals surface area contributed by atoms with Crippen molar-refractivity contribution in [2.75, 3.05) is 13.2 Å². The van der Waals surface area contributed by atoms with Crippen LogP contribution in [0.3, 0.4) is 0 Å². The molecule has 0 saturated heterocycles. The van der Waals surface area contributed by atoms with Crippen LogP contribution in [0.5, 0.6) is 0 Å². The molecule has 34 heavy (non-hydrogen) atoms. The molecule has 0 fully saturated rings. The van der Waals surface area contributed by atoms with E-state index in [-0.39, 0.29) is 36.0 Å². The maximum atomic E-state index is 11.5. The van der Waals surface area contributed by atoms with Gasteiger partial charge < -0.3 is 19.7 Å². The zero-order valence-electron chi connectivity index (χ0n) is 22.3. The largest absolute Gasteiger partial charge is 0.466 e. The third kappa shape index (κ3) is 38.1. The zero-order chi connectivity index (χ0) is 26.6. The van der Waals surface area contributed by atoms with E-state index in [2.05, 4.69) is 20.8 Å². The van der Waals surface area contributed by atoms with Crippen LogP contribution < -0.4 is 0 Å². The lowest BCUT2D eigenvalue weighted by molar-refractivity contribution is -0.150. The van der Waals surface area contributed by atoms with Gasteiger partial charge in [-0.15, -0.1) is 0 Å². The van der Waals surface area contributed by atoms with Crippen LogP contribution in [-0.2, 0) is 23.9 Å². The van der Waals surface area contributed by atoms with Crippen molar-refractivity contribution < 1.29 is 34.1 Å². The van der Waals surface area contributed by atoms with Crippen LogP contribution in [0.4, 0.5) is 0 Å². The van der Waals surface area contributed by atoms with E-state index in [9.17, 15) is 14.4 Å². The standard InChI is InChI=1S/C16H30O4.C6H11ClO.C4H10O2/c1-4-6-8-10-15(17)19-13-12-14(3)20-16(18)11-9-7-5-2;1-2-3-4-5-6(7)8;1-4(6)2-3-5/h14H,4-13H2,1-3H3;2-5H2,1H3;4-6H,2-3H2,1H3/t14-;;4-/m1.1/s1. The van der Waals surface area contributed by atoms with Crippen molar-refractivity contribution in [3.8, 4) is 0 Å². The minimum atomic E-state index is -0.352. The molecule has 0 aliphatic rings. The van der Waals surface area contributed by atoms with E-state index in [1.165, 1.54) is 0 Å². The van der Waals surface area contributed by atoms with Gasteiger partial charge in [0.25, 0.3) is 0 Å². The molecular formula is C26H51ClO7. The van der Waals surface area contributed by atoms with Crippen LogP contribution in [0.1, 0.15) is 125 Å². The van der Waals surface area contributed by atoms with Crippen LogP contribution in [0, 0.1) is 0 Å². The zero-order valence-corrected chi connectivity index (χ0v) is 23.0. The van der Waals surface area contributed by atoms with Crippen LogP contribution in [0.15, 0.2) is 0 Å². The van der Waals surface area contributed by atoms with Gasteiger partial charge in [-0.1, -0.05) is 59.3 Å². The summed E-state index contributed by atoms with van der Waals surface area (Å²) in [4.78, 5) is 32.9. The average molecular weight is 511 g/mol. The van der Waals surface area contributed by atoms with E-state index in [0.717, 1.165) is 57.8 Å². The van der Waals surface area contributed by atoms with E-state index in [1.807, 2.05) is 6.92 Å². The average Bonchev–Trinajstić information content (AvgIpc) is 2.75. The van der Waals surface area contributed by atoms with Gasteiger partial charge in [0, 0.05) is 32.3 Å². The predicted octanol–water partition coefficient (Wildman–Crippen LogP) is 6.09. The summed E-state index contributed by atoms with van der Waals surface area (Å²) in [7, 11) is 0. The quantitative estimate of drug-likeness (QED) is 0.130. The van der Waals surface area contributed by atoms with Gasteiger partial charge in [0.05, 0.1) is 12.7 Å². The molecule has 0 saturated carbocycles. The summed E-state index contributed by atoms with van der Waals surface area (Å²) in [5, 5.41) is 16.3. The number of rotatable bonds is 18. The molecule has 0 heterocycles. The molecule has 8 heteroatoms. The fourth-order valence-corrected chi connectivity index (χ4v) is 2.63. The van der Waals surface area contributed by atoms with E-state index < -0.39 is 0 Å². The van der Waals surface area contributed by atoms with Crippen LogP contribution in [-0.4, -0.2) is 52.8 Å². The Hall–Kier alpha value is -1.18. The molecule has 2 atom stereocenters. The fourth-order valence-electron chi connectivity index (χ4n) is 2.49. The summed E-state index contributed by atoms with van der Waals surface area (Å²) in [6.07, 6.45) is 11.3. The summed E-state index contributed by atoms with van der Waals surface area (Å²) in [6.45, 7) is 10.2. The number of hydrogen-bond acceptors (Lipinski definition) is 7. The van der Waals surface area contributed by atoms with Gasteiger partial charge in [0.2, 0.25) is 5.24 Å². The minimum Gasteiger partial charge on any atom is -0.466 e. The number of aliphatic hydroxyl groups is 2. The molecule has 204 valence electrons. The molecular weight excluding hydrogens is 460 g/mol. The first-order chi connectivity index (χ1) is 16.1. The topological polar surface area (TPSA) is 110 Å². The number of halogens is 1. The minimum absolute atomic E-state index is 0.0810. The highest BCUT2D eigenvalue weighted by atomic mass is 35.5. The van der Waals surface area contributed by atoms with E-state index in [0.29, 0.717) is 38.7 Å². The first-order valence-corrected chi connectivity index (χ1v) is 13.3. The summed E-state index contributed by atoms with van der Waals surface area (Å²) in [5.74, 6) is -0.305. The van der Waals surface area contributed by atoms with Gasteiger partial charge in [-0.3, -0.25) is 14.4 Å². The van der Waals surface area contributed by atoms with Gasteiger partial charge in [0.15, 0.2) is 0 Å². The number of aliphatic hydroxyl groups excluding tert-OH is 2. The summed E-state index contributed by atoms with van der Waals surface area (Å²) < 4.78 is 10.4. The summed E-state index contributed by atoms with van der Waals surface area (Å²) in [5.41, 5.74) is 0. The maximum absolute atomic E-state index is 11.5. The van der Waals surface area contributed by atoms with Crippen molar-refractivity contribution in [2.45, 2.75) is 137 Å². The molecule has 0 unspecified atom stereocenters. The maximum Gasteiger partial charge on any atom is 0.306 e. The molecule has 0 aromatic rings. The summed E-state index contributed by atoms with van der Waals surface area (Å²) >= 11 is 5.07. The Morgan fingerprint density at radius 3 is 1.62 bits per heavy atom. The number of hydrogen-bond donors (Lipinski definition) is 2. The number of unbranched alkanes of at least 4 members (excludes halogenated alkanes) is 6. The lowest BCUT2D eigenvalue weighted by atomic mass is 10.2. The Kier molecular flexibility index (Phi) is 32.8. The molecule has 0 spiro atoms. The molecule has 0 bridgehead atoms. The molecule has 0 amide bonds. The lowest BCUT2D eigenvalue weighted by Gasteiger charge is -2.13. The molecule has 2 N–H and O–H groups in total. The predicted molar refractivity (Wildman–Crippen MR) is 138 cm³/mol. The Morgan fingerprint density at radius 2 is 1.24 bits per heavy atom. The van der Waals surface area contributed by atoms with Gasteiger partial charge in [-0.25, -0.2) is 0 Å². The monoisotopic (exact) mass is 510 g/mol. The first kappa shape index (κ1) is 37.4. The molecule has 0 aromatic carbocycles. The second kappa shape index (κ2) is 29.9. The normalized spacial score (nSPS) is 11.8. The fraction of sp³-hybridized carbons (Fsp3) is 0.885. The highest BCUT2D eigenvalue weighted by molar-refractivity contribution is 6.63. The number of ether oxygens (including phenoxy) is 2. The SMILES string of the molecule is CCCCCC(=O)Cl.CCCCCC(=O)OCC[C@@H](C)OC(=O)CCCCC.C[C@@H](O)CCO. The van der Waals surface area contributed by atoms with Crippen molar-refractivity contribution in [1.29, 1.82) is 0 Å². The summed E-state index contributed by atoms with van der Waals surface area (Å²) in [6, 6.07) is 0. The van der Waals surface area contributed by atoms with Crippen molar-refractivity contribution in [2.24, 2.45) is 0 Å². The highest BCUT2D eigenvalue weighted by Crippen LogP contribution is 2.06. The lowest BCUT2D eigenvalue weighted by Crippen LogP contribution is -2.18. The Morgan fingerprint density at radius 1 is 0.765 bits per heavy atom. The molecule has 0 aliphatic carbocycles. The van der Waals surface area contributed by atoms with Crippen LogP contribution >= 0.6 is 11.6 Å². The van der Waals surface area contributed by atoms with Crippen LogP contribution in [0.2, 0.25) is 0 Å². The van der Waals surface area contributed by atoms with E-state index in [4.69, 9.17) is 31.3 Å². The Bertz CT molecular complexity index is 470. The second-order valence-electron chi connectivity index (χ2n) is 8.40. The Balaban J connectivity index is -0.000000560. The van der Waals surface area contributed by atoms with Crippen LogP contribution in [0.25, 0.3) is 0 Å². The smallest absolute Gasteiger partial charge is 0.306 e. The molecule has 0 radical (unpaired) electrons. The second-order valence-corrected chi connectivity index (χ2v) is 8.82. The molecule has 0 rings (SSSR count). The third-order valence-corrected chi connectivity index (χ3v) is 4.80. The van der Waals surface area contributed by atoms with Crippen molar-refractivity contribution in [1.82, 2.24) is 0 Å². The third-order valence-electron chi connectivity index (χ3n) is 4.61. The first-order valence-electron chi connectivity index (χ1n) is 13.0.